The summed E-state index contributed by atoms with van der Waals surface area (Å²) in [4.78, 5) is 22.4. The number of fused-ring (bicyclic) bond motifs is 1. The van der Waals surface area contributed by atoms with Gasteiger partial charge in [-0.25, -0.2) is 4.98 Å². The number of imidazole rings is 1. The number of benzene rings is 2. The molecule has 6 nitrogen and oxygen atoms in total. The molecule has 1 aliphatic heterocycles. The number of hydrogen-bond acceptors (Lipinski definition) is 4. The van der Waals surface area contributed by atoms with Crippen LogP contribution in [0, 0.1) is 6.92 Å². The second-order valence-electron chi connectivity index (χ2n) is 9.37. The van der Waals surface area contributed by atoms with Crippen LogP contribution in [0.5, 0.6) is 5.75 Å². The largest absolute Gasteiger partial charge is 0.497 e. The Morgan fingerprint density at radius 2 is 2.00 bits per heavy atom. The Morgan fingerprint density at radius 3 is 2.67 bits per heavy atom. The molecule has 2 aliphatic rings. The molecule has 7 heteroatoms. The first kappa shape index (κ1) is 22.7. The van der Waals surface area contributed by atoms with Crippen molar-refractivity contribution in [2.24, 2.45) is 0 Å². The molecule has 1 saturated carbocycles. The Hall–Kier alpha value is -2.13. The van der Waals surface area contributed by atoms with E-state index in [4.69, 9.17) is 4.74 Å². The van der Waals surface area contributed by atoms with Crippen molar-refractivity contribution >= 4 is 39.5 Å². The number of amides is 1. The smallest absolute Gasteiger partial charge is 0.253 e. The summed E-state index contributed by atoms with van der Waals surface area (Å²) < 4.78 is 7.91. The van der Waals surface area contributed by atoms with Crippen molar-refractivity contribution in [2.75, 3.05) is 27.2 Å². The lowest BCUT2D eigenvalue weighted by Gasteiger charge is -2.44. The van der Waals surface area contributed by atoms with E-state index >= 15 is 0 Å². The lowest BCUT2D eigenvalue weighted by molar-refractivity contribution is 0.0714. The number of nitrogens with zero attached hydrogens (tertiary/aromatic N) is 4. The van der Waals surface area contributed by atoms with Crippen molar-refractivity contribution in [3.63, 3.8) is 0 Å². The van der Waals surface area contributed by atoms with E-state index in [1.54, 1.807) is 7.11 Å². The van der Waals surface area contributed by atoms with Crippen LogP contribution in [0.2, 0.25) is 0 Å². The van der Waals surface area contributed by atoms with Gasteiger partial charge >= 0.3 is 0 Å². The van der Waals surface area contributed by atoms with E-state index in [-0.39, 0.29) is 5.91 Å². The summed E-state index contributed by atoms with van der Waals surface area (Å²) in [6.07, 6.45) is 4.93. The number of ether oxygens (including phenoxy) is 1. The monoisotopic (exact) mass is 558 g/mol. The van der Waals surface area contributed by atoms with Crippen LogP contribution < -0.4 is 4.74 Å². The number of likely N-dealkylation sites (N-methyl/N-ethyl adjacent to an activating group) is 1. The molecule has 0 spiro atoms. The summed E-state index contributed by atoms with van der Waals surface area (Å²) in [6.45, 7) is 4.80. The molecule has 1 unspecified atom stereocenters. The number of aromatic nitrogens is 2. The molecule has 33 heavy (non-hydrogen) atoms. The summed E-state index contributed by atoms with van der Waals surface area (Å²) in [6, 6.07) is 14.3. The normalized spacial score (nSPS) is 20.1. The number of halogens is 1. The van der Waals surface area contributed by atoms with Crippen LogP contribution >= 0.6 is 22.6 Å². The highest BCUT2D eigenvalue weighted by molar-refractivity contribution is 14.1. The van der Waals surface area contributed by atoms with E-state index in [1.807, 2.05) is 49.2 Å². The predicted octanol–water partition coefficient (Wildman–Crippen LogP) is 4.86. The van der Waals surface area contributed by atoms with Crippen LogP contribution in [-0.2, 0) is 6.54 Å². The molecule has 2 aromatic carbocycles. The second kappa shape index (κ2) is 8.91. The standard InChI is InChI=1S/C26H31IN4O2/c1-18-28-23-10-9-22(33-3)15-24(23)31(18)16-19-5-7-20(8-6-19)25(32)29(2)21-11-14-30(17-21)26(27)12-4-13-26/h5-10,15,21H,4,11-14,16-17H2,1-3H3. The summed E-state index contributed by atoms with van der Waals surface area (Å²) >= 11 is 2.62. The number of aryl methyl sites for hydroxylation is 1. The Bertz CT molecular complexity index is 1170. The zero-order valence-electron chi connectivity index (χ0n) is 19.6. The van der Waals surface area contributed by atoms with E-state index < -0.39 is 0 Å². The van der Waals surface area contributed by atoms with Gasteiger partial charge in [-0.3, -0.25) is 9.69 Å². The Labute approximate surface area is 209 Å². The van der Waals surface area contributed by atoms with E-state index in [2.05, 4.69) is 49.2 Å². The number of methoxy groups -OCH3 is 1. The number of alkyl halides is 1. The average molecular weight is 558 g/mol. The number of likely N-dealkylation sites (tertiary alicyclic amines) is 1. The summed E-state index contributed by atoms with van der Waals surface area (Å²) in [7, 11) is 3.64. The fourth-order valence-electron chi connectivity index (χ4n) is 5.06. The third kappa shape index (κ3) is 4.25. The highest BCUT2D eigenvalue weighted by Crippen LogP contribution is 2.45. The van der Waals surface area contributed by atoms with Crippen molar-refractivity contribution < 1.29 is 9.53 Å². The number of carbonyl (C=O) groups excluding carboxylic acids is 1. The van der Waals surface area contributed by atoms with Gasteiger partial charge in [0.25, 0.3) is 5.91 Å². The molecule has 1 amide bonds. The van der Waals surface area contributed by atoms with Crippen LogP contribution in [0.4, 0.5) is 0 Å². The van der Waals surface area contributed by atoms with Gasteiger partial charge in [0.1, 0.15) is 11.6 Å². The van der Waals surface area contributed by atoms with Gasteiger partial charge in [0.2, 0.25) is 0 Å². The van der Waals surface area contributed by atoms with E-state index in [0.29, 0.717) is 16.1 Å². The quantitative estimate of drug-likeness (QED) is 0.246. The van der Waals surface area contributed by atoms with Crippen molar-refractivity contribution in [1.29, 1.82) is 0 Å². The van der Waals surface area contributed by atoms with Gasteiger partial charge in [0.05, 0.1) is 21.7 Å². The first-order chi connectivity index (χ1) is 15.9. The fourth-order valence-corrected chi connectivity index (χ4v) is 6.26. The molecule has 1 aliphatic carbocycles. The number of rotatable bonds is 6. The van der Waals surface area contributed by atoms with Gasteiger partial charge in [0.15, 0.2) is 0 Å². The molecule has 1 saturated heterocycles. The van der Waals surface area contributed by atoms with Crippen LogP contribution in [0.3, 0.4) is 0 Å². The topological polar surface area (TPSA) is 50.6 Å². The maximum atomic E-state index is 13.2. The van der Waals surface area contributed by atoms with Gasteiger partial charge in [-0.2, -0.15) is 0 Å². The van der Waals surface area contributed by atoms with Gasteiger partial charge in [0, 0.05) is 44.4 Å². The molecule has 0 bridgehead atoms. The fraction of sp³-hybridized carbons (Fsp3) is 0.462. The molecule has 1 atom stereocenters. The van der Waals surface area contributed by atoms with Crippen molar-refractivity contribution in [3.05, 3.63) is 59.4 Å². The van der Waals surface area contributed by atoms with E-state index in [1.165, 1.54) is 19.3 Å². The maximum Gasteiger partial charge on any atom is 0.253 e. The Balaban J connectivity index is 1.27. The summed E-state index contributed by atoms with van der Waals surface area (Å²) in [5, 5.41) is 0. The van der Waals surface area contributed by atoms with Crippen molar-refractivity contribution in [2.45, 2.75) is 48.7 Å². The van der Waals surface area contributed by atoms with E-state index in [9.17, 15) is 4.79 Å². The molecule has 2 fully saturated rings. The van der Waals surface area contributed by atoms with Gasteiger partial charge < -0.3 is 14.2 Å². The van der Waals surface area contributed by atoms with Crippen LogP contribution in [0.15, 0.2) is 42.5 Å². The minimum absolute atomic E-state index is 0.110. The van der Waals surface area contributed by atoms with Crippen molar-refractivity contribution in [1.82, 2.24) is 19.4 Å². The average Bonchev–Trinajstić information content (AvgIpc) is 3.42. The highest BCUT2D eigenvalue weighted by atomic mass is 127. The summed E-state index contributed by atoms with van der Waals surface area (Å²) in [5.41, 5.74) is 3.91. The zero-order chi connectivity index (χ0) is 23.2. The maximum absolute atomic E-state index is 13.2. The second-order valence-corrected chi connectivity index (χ2v) is 11.4. The van der Waals surface area contributed by atoms with Crippen LogP contribution in [-0.4, -0.2) is 62.1 Å². The first-order valence-corrected chi connectivity index (χ1v) is 12.8. The first-order valence-electron chi connectivity index (χ1n) is 11.7. The van der Waals surface area contributed by atoms with Gasteiger partial charge in [-0.05, 0) is 62.4 Å². The van der Waals surface area contributed by atoms with E-state index in [0.717, 1.165) is 53.2 Å². The number of hydrogen-bond donors (Lipinski definition) is 0. The molecule has 1 aromatic heterocycles. The summed E-state index contributed by atoms with van der Waals surface area (Å²) in [5.74, 6) is 1.89. The molecule has 2 heterocycles. The SMILES string of the molecule is COc1ccc2nc(C)n(Cc3ccc(C(=O)N(C)C4CCN(C5(I)CCC5)C4)cc3)c2c1. The number of carbonyl (C=O) groups is 1. The molecule has 174 valence electrons. The molecular formula is C26H31IN4O2. The lowest BCUT2D eigenvalue weighted by Crippen LogP contribution is -2.49. The van der Waals surface area contributed by atoms with Gasteiger partial charge in [-0.15, -0.1) is 0 Å². The Kier molecular flexibility index (Phi) is 6.11. The van der Waals surface area contributed by atoms with Crippen LogP contribution in [0.1, 0.15) is 47.4 Å². The molecule has 0 N–H and O–H groups in total. The minimum atomic E-state index is 0.110. The zero-order valence-corrected chi connectivity index (χ0v) is 21.7. The predicted molar refractivity (Wildman–Crippen MR) is 139 cm³/mol. The van der Waals surface area contributed by atoms with Crippen molar-refractivity contribution in [3.8, 4) is 5.75 Å². The third-order valence-electron chi connectivity index (χ3n) is 7.41. The van der Waals surface area contributed by atoms with Crippen LogP contribution in [0.25, 0.3) is 11.0 Å². The molecule has 0 radical (unpaired) electrons. The minimum Gasteiger partial charge on any atom is -0.497 e. The highest BCUT2D eigenvalue weighted by Gasteiger charge is 2.44. The Morgan fingerprint density at radius 1 is 1.24 bits per heavy atom. The van der Waals surface area contributed by atoms with Gasteiger partial charge in [-0.1, -0.05) is 34.7 Å². The molecule has 5 rings (SSSR count). The third-order valence-corrected chi connectivity index (χ3v) is 9.17. The molecular weight excluding hydrogens is 527 g/mol. The molecule has 3 aromatic rings. The lowest BCUT2D eigenvalue weighted by atomic mass is 9.92.